The van der Waals surface area contributed by atoms with Crippen LogP contribution in [-0.4, -0.2) is 28.0 Å². The van der Waals surface area contributed by atoms with E-state index in [1.807, 2.05) is 26.0 Å². The molecule has 1 N–H and O–H groups in total. The average Bonchev–Trinajstić information content (AvgIpc) is 2.78. The standard InChI is InChI=1S/C24H25ClN2O4S/c1-17-8-14-21(15-9-17)32(29,30)27(23-7-5-4-6-22(23)25)16-24(28)26-18(2)19-10-12-20(31-3)13-11-19/h4-15,18H,16H2,1-3H3,(H,26,28)/t18-/m1/s1. The Morgan fingerprint density at radius 2 is 1.66 bits per heavy atom. The summed E-state index contributed by atoms with van der Waals surface area (Å²) < 4.78 is 33.1. The lowest BCUT2D eigenvalue weighted by Gasteiger charge is -2.26. The molecule has 8 heteroatoms. The molecule has 0 heterocycles. The highest BCUT2D eigenvalue weighted by Crippen LogP contribution is 2.30. The van der Waals surface area contributed by atoms with Crippen molar-refractivity contribution >= 4 is 33.2 Å². The molecule has 0 radical (unpaired) electrons. The second-order valence-electron chi connectivity index (χ2n) is 7.34. The minimum atomic E-state index is -4.03. The van der Waals surface area contributed by atoms with Gasteiger partial charge >= 0.3 is 0 Å². The number of amides is 1. The van der Waals surface area contributed by atoms with Gasteiger partial charge in [0.25, 0.3) is 10.0 Å². The van der Waals surface area contributed by atoms with Crippen LogP contribution in [0.15, 0.2) is 77.7 Å². The first-order chi connectivity index (χ1) is 15.2. The molecule has 0 aromatic heterocycles. The van der Waals surface area contributed by atoms with Crippen LogP contribution in [-0.2, 0) is 14.8 Å². The lowest BCUT2D eigenvalue weighted by molar-refractivity contribution is -0.120. The molecule has 1 atom stereocenters. The predicted octanol–water partition coefficient (Wildman–Crippen LogP) is 4.73. The van der Waals surface area contributed by atoms with Gasteiger partial charge in [-0.1, -0.05) is 53.6 Å². The third-order valence-corrected chi connectivity index (χ3v) is 7.10. The number of rotatable bonds is 8. The highest BCUT2D eigenvalue weighted by Gasteiger charge is 2.29. The molecule has 1 amide bonds. The van der Waals surface area contributed by atoms with E-state index in [1.165, 1.54) is 12.1 Å². The summed E-state index contributed by atoms with van der Waals surface area (Å²) in [6.45, 7) is 3.28. The number of nitrogens with zero attached hydrogens (tertiary/aromatic N) is 1. The minimum absolute atomic E-state index is 0.0824. The zero-order valence-electron chi connectivity index (χ0n) is 18.1. The van der Waals surface area contributed by atoms with Gasteiger partial charge in [-0.2, -0.15) is 0 Å². The number of benzene rings is 3. The van der Waals surface area contributed by atoms with Crippen molar-refractivity contribution in [2.45, 2.75) is 24.8 Å². The van der Waals surface area contributed by atoms with Crippen LogP contribution >= 0.6 is 11.6 Å². The topological polar surface area (TPSA) is 75.7 Å². The number of para-hydroxylation sites is 1. The Kier molecular flexibility index (Phi) is 7.43. The number of methoxy groups -OCH3 is 1. The van der Waals surface area contributed by atoms with Crippen LogP contribution in [0.4, 0.5) is 5.69 Å². The van der Waals surface area contributed by atoms with Crippen LogP contribution in [0.25, 0.3) is 0 Å². The van der Waals surface area contributed by atoms with Gasteiger partial charge in [0.2, 0.25) is 5.91 Å². The summed E-state index contributed by atoms with van der Waals surface area (Å²) in [5.41, 5.74) is 2.03. The first kappa shape index (κ1) is 23.6. The summed E-state index contributed by atoms with van der Waals surface area (Å²) in [5.74, 6) is 0.255. The van der Waals surface area contributed by atoms with Crippen molar-refractivity contribution in [3.63, 3.8) is 0 Å². The normalized spacial score (nSPS) is 12.1. The third kappa shape index (κ3) is 5.41. The molecule has 0 saturated heterocycles. The van der Waals surface area contributed by atoms with Crippen LogP contribution in [0.2, 0.25) is 5.02 Å². The zero-order valence-corrected chi connectivity index (χ0v) is 19.7. The molecule has 32 heavy (non-hydrogen) atoms. The number of aryl methyl sites for hydroxylation is 1. The highest BCUT2D eigenvalue weighted by molar-refractivity contribution is 7.92. The van der Waals surface area contributed by atoms with E-state index in [0.717, 1.165) is 15.4 Å². The lowest BCUT2D eigenvalue weighted by Crippen LogP contribution is -2.41. The Hall–Kier alpha value is -3.03. The molecule has 0 spiro atoms. The first-order valence-electron chi connectivity index (χ1n) is 9.99. The number of carbonyl (C=O) groups excluding carboxylic acids is 1. The van der Waals surface area contributed by atoms with E-state index < -0.39 is 22.5 Å². The average molecular weight is 473 g/mol. The van der Waals surface area contributed by atoms with Crippen LogP contribution in [0.5, 0.6) is 5.75 Å². The fraction of sp³-hybridized carbons (Fsp3) is 0.208. The molecule has 6 nitrogen and oxygen atoms in total. The molecule has 168 valence electrons. The van der Waals surface area contributed by atoms with Gasteiger partial charge in [0.15, 0.2) is 0 Å². The van der Waals surface area contributed by atoms with Gasteiger partial charge < -0.3 is 10.1 Å². The van der Waals surface area contributed by atoms with Crippen molar-refractivity contribution in [3.05, 3.63) is 88.9 Å². The maximum Gasteiger partial charge on any atom is 0.264 e. The predicted molar refractivity (Wildman–Crippen MR) is 127 cm³/mol. The van der Waals surface area contributed by atoms with E-state index in [1.54, 1.807) is 55.6 Å². The van der Waals surface area contributed by atoms with Crippen molar-refractivity contribution in [3.8, 4) is 5.75 Å². The highest BCUT2D eigenvalue weighted by atomic mass is 35.5. The van der Waals surface area contributed by atoms with Crippen LogP contribution in [0.1, 0.15) is 24.1 Å². The van der Waals surface area contributed by atoms with Gasteiger partial charge in [-0.3, -0.25) is 9.10 Å². The summed E-state index contributed by atoms with van der Waals surface area (Å²) in [6, 6.07) is 20.0. The van der Waals surface area contributed by atoms with Crippen molar-refractivity contribution in [2.24, 2.45) is 0 Å². The number of nitrogens with one attached hydrogen (secondary N) is 1. The largest absolute Gasteiger partial charge is 0.497 e. The summed E-state index contributed by atoms with van der Waals surface area (Å²) in [4.78, 5) is 13.0. The molecule has 3 rings (SSSR count). The Balaban J connectivity index is 1.87. The number of anilines is 1. The fourth-order valence-corrected chi connectivity index (χ4v) is 4.91. The second kappa shape index (κ2) is 10.1. The fourth-order valence-electron chi connectivity index (χ4n) is 3.18. The van der Waals surface area contributed by atoms with Crippen LogP contribution in [0, 0.1) is 6.92 Å². The Labute approximate surface area is 193 Å². The van der Waals surface area contributed by atoms with Crippen molar-refractivity contribution in [1.82, 2.24) is 5.32 Å². The number of hydrogen-bond acceptors (Lipinski definition) is 4. The number of hydrogen-bond donors (Lipinski definition) is 1. The molecule has 0 aliphatic carbocycles. The molecule has 3 aromatic rings. The maximum atomic E-state index is 13.4. The Bertz CT molecular complexity index is 1180. The van der Waals surface area contributed by atoms with E-state index >= 15 is 0 Å². The maximum absolute atomic E-state index is 13.4. The summed E-state index contributed by atoms with van der Waals surface area (Å²) in [6.07, 6.45) is 0. The minimum Gasteiger partial charge on any atom is -0.497 e. The first-order valence-corrected chi connectivity index (χ1v) is 11.8. The molecule has 3 aromatic carbocycles. The van der Waals surface area contributed by atoms with Crippen molar-refractivity contribution in [1.29, 1.82) is 0 Å². The summed E-state index contributed by atoms with van der Waals surface area (Å²) in [7, 11) is -2.45. The quantitative estimate of drug-likeness (QED) is 0.514. The smallest absolute Gasteiger partial charge is 0.264 e. The Morgan fingerprint density at radius 1 is 1.03 bits per heavy atom. The van der Waals surface area contributed by atoms with Gasteiger partial charge in [-0.25, -0.2) is 8.42 Å². The van der Waals surface area contributed by atoms with Gasteiger partial charge in [-0.05, 0) is 55.8 Å². The lowest BCUT2D eigenvalue weighted by atomic mass is 10.1. The number of carbonyl (C=O) groups is 1. The molecule has 0 aliphatic heterocycles. The van der Waals surface area contributed by atoms with E-state index in [-0.39, 0.29) is 21.6 Å². The Morgan fingerprint density at radius 3 is 2.25 bits per heavy atom. The number of ether oxygens (including phenoxy) is 1. The second-order valence-corrected chi connectivity index (χ2v) is 9.61. The van der Waals surface area contributed by atoms with E-state index in [0.29, 0.717) is 5.75 Å². The molecule has 0 saturated carbocycles. The van der Waals surface area contributed by atoms with E-state index in [9.17, 15) is 13.2 Å². The van der Waals surface area contributed by atoms with Gasteiger partial charge in [-0.15, -0.1) is 0 Å². The SMILES string of the molecule is COc1ccc([C@@H](C)NC(=O)CN(c2ccccc2Cl)S(=O)(=O)c2ccc(C)cc2)cc1. The summed E-state index contributed by atoms with van der Waals surface area (Å²) in [5, 5.41) is 3.09. The van der Waals surface area contributed by atoms with Gasteiger partial charge in [0, 0.05) is 0 Å². The van der Waals surface area contributed by atoms with Crippen LogP contribution in [0.3, 0.4) is 0 Å². The molecular formula is C24H25ClN2O4S. The molecular weight excluding hydrogens is 448 g/mol. The van der Waals surface area contributed by atoms with E-state index in [2.05, 4.69) is 5.32 Å². The van der Waals surface area contributed by atoms with Crippen molar-refractivity contribution < 1.29 is 17.9 Å². The van der Waals surface area contributed by atoms with Gasteiger partial charge in [0.1, 0.15) is 12.3 Å². The monoisotopic (exact) mass is 472 g/mol. The van der Waals surface area contributed by atoms with Crippen LogP contribution < -0.4 is 14.4 Å². The van der Waals surface area contributed by atoms with Gasteiger partial charge in [0.05, 0.1) is 28.8 Å². The number of sulfonamides is 1. The zero-order chi connectivity index (χ0) is 23.3. The molecule has 0 fully saturated rings. The molecule has 0 bridgehead atoms. The molecule has 0 unspecified atom stereocenters. The molecule has 0 aliphatic rings. The third-order valence-electron chi connectivity index (χ3n) is 5.01. The van der Waals surface area contributed by atoms with E-state index in [4.69, 9.17) is 16.3 Å². The van der Waals surface area contributed by atoms with Crippen molar-refractivity contribution in [2.75, 3.05) is 18.0 Å². The number of halogens is 1. The summed E-state index contributed by atoms with van der Waals surface area (Å²) >= 11 is 6.30.